The van der Waals surface area contributed by atoms with E-state index in [2.05, 4.69) is 21.4 Å². The van der Waals surface area contributed by atoms with Crippen molar-refractivity contribution in [3.05, 3.63) is 76.6 Å². The molecule has 1 saturated heterocycles. The number of anilines is 1. The summed E-state index contributed by atoms with van der Waals surface area (Å²) in [6.45, 7) is 3.06. The number of hydrogen-bond acceptors (Lipinski definition) is 5. The lowest BCUT2D eigenvalue weighted by molar-refractivity contribution is 0.0767. The molecule has 1 aliphatic rings. The smallest absolute Gasteiger partial charge is 0.253 e. The summed E-state index contributed by atoms with van der Waals surface area (Å²) < 4.78 is 4.52. The lowest BCUT2D eigenvalue weighted by Crippen LogP contribution is -2.35. The number of halogens is 1. The summed E-state index contributed by atoms with van der Waals surface area (Å²) in [5.74, 6) is 0.907. The Hall–Kier alpha value is -2.44. The van der Waals surface area contributed by atoms with Crippen LogP contribution in [0.3, 0.4) is 0 Å². The summed E-state index contributed by atoms with van der Waals surface area (Å²) in [5, 5.41) is 1.58. The van der Waals surface area contributed by atoms with E-state index in [0.29, 0.717) is 17.1 Å². The Morgan fingerprint density at radius 1 is 1.00 bits per heavy atom. The first-order valence-electron chi connectivity index (χ1n) is 9.35. The molecular weight excluding hydrogens is 392 g/mol. The van der Waals surface area contributed by atoms with Crippen molar-refractivity contribution in [2.24, 2.45) is 0 Å². The number of hydrogen-bond donors (Lipinski definition) is 0. The minimum absolute atomic E-state index is 0.0561. The molecule has 28 heavy (non-hydrogen) atoms. The Morgan fingerprint density at radius 3 is 2.57 bits per heavy atom. The van der Waals surface area contributed by atoms with E-state index in [0.717, 1.165) is 43.4 Å². The van der Waals surface area contributed by atoms with E-state index >= 15 is 0 Å². The average molecular weight is 413 g/mol. The highest BCUT2D eigenvalue weighted by atomic mass is 35.5. The van der Waals surface area contributed by atoms with Crippen molar-refractivity contribution in [2.45, 2.75) is 12.8 Å². The second kappa shape index (κ2) is 8.71. The molecule has 0 saturated carbocycles. The molecule has 4 rings (SSSR count). The van der Waals surface area contributed by atoms with Crippen LogP contribution in [0.5, 0.6) is 0 Å². The molecule has 2 heterocycles. The van der Waals surface area contributed by atoms with Gasteiger partial charge >= 0.3 is 0 Å². The second-order valence-electron chi connectivity index (χ2n) is 6.80. The third kappa shape index (κ3) is 4.51. The Kier molecular flexibility index (Phi) is 5.88. The Balaban J connectivity index is 1.39. The maximum absolute atomic E-state index is 12.8. The summed E-state index contributed by atoms with van der Waals surface area (Å²) in [6.07, 6.45) is 1.65. The lowest BCUT2D eigenvalue weighted by Gasteiger charge is -2.21. The molecule has 7 heteroatoms. The van der Waals surface area contributed by atoms with Crippen molar-refractivity contribution >= 4 is 34.2 Å². The maximum Gasteiger partial charge on any atom is 0.253 e. The summed E-state index contributed by atoms with van der Waals surface area (Å²) in [6, 6.07) is 17.3. The molecule has 0 atom stereocenters. The third-order valence-electron chi connectivity index (χ3n) is 4.81. The Bertz CT molecular complexity index is 929. The van der Waals surface area contributed by atoms with Gasteiger partial charge in [-0.2, -0.15) is 4.37 Å². The molecule has 1 amide bonds. The molecule has 1 aromatic heterocycles. The molecule has 1 aliphatic heterocycles. The van der Waals surface area contributed by atoms with Gasteiger partial charge in [-0.25, -0.2) is 4.98 Å². The SMILES string of the molecule is O=C(c1ccc(Cl)cc1)N1CCCN(c2nc(Cc3ccccc3)ns2)CC1. The van der Waals surface area contributed by atoms with Crippen LogP contribution in [-0.2, 0) is 6.42 Å². The zero-order valence-corrected chi connectivity index (χ0v) is 17.0. The monoisotopic (exact) mass is 412 g/mol. The molecule has 0 spiro atoms. The largest absolute Gasteiger partial charge is 0.345 e. The van der Waals surface area contributed by atoms with E-state index in [4.69, 9.17) is 16.6 Å². The van der Waals surface area contributed by atoms with E-state index in [1.165, 1.54) is 17.1 Å². The zero-order valence-electron chi connectivity index (χ0n) is 15.4. The number of carbonyl (C=O) groups excluding carboxylic acids is 1. The number of rotatable bonds is 4. The molecule has 0 N–H and O–H groups in total. The fourth-order valence-corrected chi connectivity index (χ4v) is 4.17. The molecule has 0 radical (unpaired) electrons. The van der Waals surface area contributed by atoms with Crippen molar-refractivity contribution < 1.29 is 4.79 Å². The van der Waals surface area contributed by atoms with Crippen LogP contribution in [0, 0.1) is 0 Å². The van der Waals surface area contributed by atoms with E-state index in [-0.39, 0.29) is 5.91 Å². The van der Waals surface area contributed by atoms with E-state index in [1.807, 2.05) is 23.1 Å². The van der Waals surface area contributed by atoms with Gasteiger partial charge in [0, 0.05) is 54.7 Å². The predicted octanol–water partition coefficient (Wildman–Crippen LogP) is 4.13. The first kappa shape index (κ1) is 18.9. The van der Waals surface area contributed by atoms with E-state index in [1.54, 1.807) is 24.3 Å². The van der Waals surface area contributed by atoms with Gasteiger partial charge in [-0.15, -0.1) is 0 Å². The van der Waals surface area contributed by atoms with Crippen LogP contribution in [-0.4, -0.2) is 46.3 Å². The fourth-order valence-electron chi connectivity index (χ4n) is 3.31. The predicted molar refractivity (Wildman–Crippen MR) is 113 cm³/mol. The maximum atomic E-state index is 12.8. The summed E-state index contributed by atoms with van der Waals surface area (Å²) >= 11 is 7.36. The van der Waals surface area contributed by atoms with Crippen molar-refractivity contribution in [1.82, 2.24) is 14.3 Å². The zero-order chi connectivity index (χ0) is 19.3. The van der Waals surface area contributed by atoms with Crippen LogP contribution in [0.2, 0.25) is 5.02 Å². The number of aromatic nitrogens is 2. The van der Waals surface area contributed by atoms with Crippen LogP contribution < -0.4 is 4.90 Å². The van der Waals surface area contributed by atoms with Crippen LogP contribution >= 0.6 is 23.1 Å². The van der Waals surface area contributed by atoms with Crippen molar-refractivity contribution in [3.8, 4) is 0 Å². The van der Waals surface area contributed by atoms with Gasteiger partial charge in [-0.3, -0.25) is 4.79 Å². The Morgan fingerprint density at radius 2 is 1.79 bits per heavy atom. The van der Waals surface area contributed by atoms with Crippen LogP contribution in [0.25, 0.3) is 0 Å². The number of nitrogens with zero attached hydrogens (tertiary/aromatic N) is 4. The molecule has 2 aromatic carbocycles. The van der Waals surface area contributed by atoms with Gasteiger partial charge in [0.25, 0.3) is 5.91 Å². The summed E-state index contributed by atoms with van der Waals surface area (Å²) in [5.41, 5.74) is 1.89. The first-order chi connectivity index (χ1) is 13.7. The van der Waals surface area contributed by atoms with Gasteiger partial charge in [-0.05, 0) is 36.2 Å². The molecule has 0 bridgehead atoms. The molecule has 5 nitrogen and oxygen atoms in total. The standard InChI is InChI=1S/C21H21ClN4OS/c22-18-9-7-17(8-10-18)20(27)25-11-4-12-26(14-13-25)21-23-19(24-28-21)15-16-5-2-1-3-6-16/h1-3,5-10H,4,11-15H2. The Labute approximate surface area is 173 Å². The van der Waals surface area contributed by atoms with E-state index < -0.39 is 0 Å². The highest BCUT2D eigenvalue weighted by molar-refractivity contribution is 7.09. The molecule has 144 valence electrons. The van der Waals surface area contributed by atoms with Crippen LogP contribution in [0.1, 0.15) is 28.2 Å². The van der Waals surface area contributed by atoms with Gasteiger partial charge in [0.1, 0.15) is 5.82 Å². The molecule has 3 aromatic rings. The van der Waals surface area contributed by atoms with Crippen molar-refractivity contribution in [1.29, 1.82) is 0 Å². The van der Waals surface area contributed by atoms with E-state index in [9.17, 15) is 4.79 Å². The van der Waals surface area contributed by atoms with Crippen molar-refractivity contribution in [2.75, 3.05) is 31.1 Å². The average Bonchev–Trinajstić information content (AvgIpc) is 3.04. The van der Waals surface area contributed by atoms with Crippen LogP contribution in [0.15, 0.2) is 54.6 Å². The van der Waals surface area contributed by atoms with Crippen molar-refractivity contribution in [3.63, 3.8) is 0 Å². The lowest BCUT2D eigenvalue weighted by atomic mass is 10.1. The van der Waals surface area contributed by atoms with Gasteiger partial charge in [0.15, 0.2) is 0 Å². The highest BCUT2D eigenvalue weighted by Crippen LogP contribution is 2.21. The highest BCUT2D eigenvalue weighted by Gasteiger charge is 2.22. The number of carbonyl (C=O) groups is 1. The normalized spacial score (nSPS) is 14.8. The molecule has 0 unspecified atom stereocenters. The minimum Gasteiger partial charge on any atom is -0.345 e. The van der Waals surface area contributed by atoms with Crippen LogP contribution in [0.4, 0.5) is 5.13 Å². The van der Waals surface area contributed by atoms with Gasteiger partial charge < -0.3 is 9.80 Å². The van der Waals surface area contributed by atoms with Gasteiger partial charge in [0.05, 0.1) is 0 Å². The molecule has 0 aliphatic carbocycles. The fraction of sp³-hybridized carbons (Fsp3) is 0.286. The van der Waals surface area contributed by atoms with Gasteiger partial charge in [-0.1, -0.05) is 41.9 Å². The quantitative estimate of drug-likeness (QED) is 0.646. The second-order valence-corrected chi connectivity index (χ2v) is 7.96. The topological polar surface area (TPSA) is 49.3 Å². The summed E-state index contributed by atoms with van der Waals surface area (Å²) in [7, 11) is 0. The summed E-state index contributed by atoms with van der Waals surface area (Å²) in [4.78, 5) is 21.6. The van der Waals surface area contributed by atoms with Gasteiger partial charge in [0.2, 0.25) is 5.13 Å². The third-order valence-corrected chi connectivity index (χ3v) is 5.87. The number of benzene rings is 2. The minimum atomic E-state index is 0.0561. The molecular formula is C21H21ClN4OS. The number of amides is 1. The molecule has 1 fully saturated rings. The first-order valence-corrected chi connectivity index (χ1v) is 10.5.